The van der Waals surface area contributed by atoms with Gasteiger partial charge in [0.25, 0.3) is 0 Å². The van der Waals surface area contributed by atoms with E-state index in [2.05, 4.69) is 32.2 Å². The molecule has 1 aromatic heterocycles. The first-order valence-electron chi connectivity index (χ1n) is 12.8. The van der Waals surface area contributed by atoms with Crippen LogP contribution in [0.3, 0.4) is 0 Å². The summed E-state index contributed by atoms with van der Waals surface area (Å²) in [6.45, 7) is 11.3. The molecule has 2 N–H and O–H groups in total. The largest absolute Gasteiger partial charge is 0.412 e. The van der Waals surface area contributed by atoms with Crippen molar-refractivity contribution >= 4 is 12.2 Å². The Kier molecular flexibility index (Phi) is 10.4. The summed E-state index contributed by atoms with van der Waals surface area (Å²) >= 11 is 0. The average molecular weight is 552 g/mol. The third-order valence-electron chi connectivity index (χ3n) is 6.16. The molecule has 2 heterocycles. The molecule has 0 saturated carbocycles. The molecule has 0 unspecified atom stereocenters. The Morgan fingerprint density at radius 3 is 2.50 bits per heavy atom. The van der Waals surface area contributed by atoms with E-state index >= 15 is 4.39 Å². The lowest BCUT2D eigenvalue weighted by molar-refractivity contribution is -0.0936. The van der Waals surface area contributed by atoms with Gasteiger partial charge in [-0.2, -0.15) is 13.2 Å². The molecule has 0 amide bonds. The smallest absolute Gasteiger partial charge is 0.359 e. The molecule has 0 bridgehead atoms. The zero-order valence-corrected chi connectivity index (χ0v) is 23.0. The number of allylic oxidation sites excluding steroid dienone is 9. The normalized spacial score (nSPS) is 18.8. The summed E-state index contributed by atoms with van der Waals surface area (Å²) in [7, 11) is 0. The topological polar surface area (TPSA) is 62.2 Å². The number of hydrogen-bond acceptors (Lipinski definition) is 5. The molecule has 5 nitrogen and oxygen atoms in total. The zero-order chi connectivity index (χ0) is 29.3. The fraction of sp³-hybridized carbons (Fsp3) is 0.258. The molecule has 1 aromatic carbocycles. The van der Waals surface area contributed by atoms with Crippen LogP contribution in [0.2, 0.25) is 0 Å². The van der Waals surface area contributed by atoms with E-state index in [1.54, 1.807) is 31.6 Å². The van der Waals surface area contributed by atoms with Crippen molar-refractivity contribution in [2.45, 2.75) is 46.7 Å². The Morgan fingerprint density at radius 1 is 1.12 bits per heavy atom. The van der Waals surface area contributed by atoms with Crippen molar-refractivity contribution in [3.05, 3.63) is 113 Å². The van der Waals surface area contributed by atoms with E-state index in [-0.39, 0.29) is 18.5 Å². The molecular weight excluding hydrogens is 518 g/mol. The molecule has 1 aliphatic rings. The molecule has 3 rings (SSSR count). The van der Waals surface area contributed by atoms with Crippen molar-refractivity contribution in [2.24, 2.45) is 4.99 Å². The number of rotatable bonds is 9. The minimum atomic E-state index is -4.42. The second-order valence-electron chi connectivity index (χ2n) is 9.23. The maximum Gasteiger partial charge on any atom is 0.412 e. The van der Waals surface area contributed by atoms with E-state index in [1.165, 1.54) is 19.1 Å². The molecule has 0 spiro atoms. The summed E-state index contributed by atoms with van der Waals surface area (Å²) in [5, 5.41) is 6.05. The Balaban J connectivity index is 1.74. The van der Waals surface area contributed by atoms with E-state index in [0.29, 0.717) is 34.9 Å². The van der Waals surface area contributed by atoms with Gasteiger partial charge in [-0.05, 0) is 61.6 Å². The molecule has 0 radical (unpaired) electrons. The van der Waals surface area contributed by atoms with Crippen LogP contribution in [0.5, 0.6) is 0 Å². The van der Waals surface area contributed by atoms with Crippen LogP contribution in [-0.2, 0) is 6.42 Å². The molecule has 1 aliphatic heterocycles. The monoisotopic (exact) mass is 551 g/mol. The van der Waals surface area contributed by atoms with Gasteiger partial charge in [-0.1, -0.05) is 49.9 Å². The van der Waals surface area contributed by atoms with Crippen molar-refractivity contribution in [3.8, 4) is 11.1 Å². The first-order chi connectivity index (χ1) is 19.0. The maximum absolute atomic E-state index is 15.1. The van der Waals surface area contributed by atoms with Crippen molar-refractivity contribution < 1.29 is 17.6 Å². The molecule has 0 aliphatic carbocycles. The van der Waals surface area contributed by atoms with Crippen molar-refractivity contribution in [2.75, 3.05) is 11.9 Å². The van der Waals surface area contributed by atoms with Gasteiger partial charge in [-0.15, -0.1) is 0 Å². The predicted octanol–water partition coefficient (Wildman–Crippen LogP) is 7.92. The van der Waals surface area contributed by atoms with Gasteiger partial charge in [-0.25, -0.2) is 14.4 Å². The SMILES string of the molecule is C=C(Cc1cc(C)c(-c2cnc(NC3=C(C)\C=C/C=C\C/N=C\3)nc2)cc1F)NC(=C/C)/C=C(\CC)C(F)(F)F. The minimum Gasteiger partial charge on any atom is -0.359 e. The number of hydrogen-bond donors (Lipinski definition) is 2. The van der Waals surface area contributed by atoms with Gasteiger partial charge >= 0.3 is 6.18 Å². The lowest BCUT2D eigenvalue weighted by Gasteiger charge is -2.15. The van der Waals surface area contributed by atoms with Crippen molar-refractivity contribution in [3.63, 3.8) is 0 Å². The Labute approximate surface area is 232 Å². The summed E-state index contributed by atoms with van der Waals surface area (Å²) in [4.78, 5) is 13.1. The molecule has 40 heavy (non-hydrogen) atoms. The molecule has 2 aromatic rings. The minimum absolute atomic E-state index is 0.102. The fourth-order valence-corrected chi connectivity index (χ4v) is 3.95. The number of nitrogens with one attached hydrogen (secondary N) is 2. The number of benzene rings is 1. The lowest BCUT2D eigenvalue weighted by Crippen LogP contribution is -2.17. The highest BCUT2D eigenvalue weighted by Crippen LogP contribution is 2.29. The standard InChI is InChI=1S/C31H33F4N5/c1-6-25(31(33,34)35)15-26(7-2)39-22(5)14-23-13-21(4)27(16-28(23)32)24-17-37-30(38-18-24)40-29-19-36-12-10-8-9-11-20(29)3/h7-11,13,15-19,39H,5-6,12,14H2,1-4H3,(H,37,38,40)/b10-8-,11-9-,25-15+,26-7+,29-20-,36-19-. The van der Waals surface area contributed by atoms with Gasteiger partial charge < -0.3 is 10.6 Å². The quantitative estimate of drug-likeness (QED) is 0.246. The predicted molar refractivity (Wildman–Crippen MR) is 154 cm³/mol. The third-order valence-corrected chi connectivity index (χ3v) is 6.16. The Morgan fingerprint density at radius 2 is 1.85 bits per heavy atom. The number of aliphatic imine (C=N–C) groups is 1. The second-order valence-corrected chi connectivity index (χ2v) is 9.23. The second kappa shape index (κ2) is 13.7. The lowest BCUT2D eigenvalue weighted by atomic mass is 9.98. The maximum atomic E-state index is 15.1. The molecule has 0 atom stereocenters. The molecule has 0 saturated heterocycles. The number of nitrogens with zero attached hydrogens (tertiary/aromatic N) is 3. The highest BCUT2D eigenvalue weighted by molar-refractivity contribution is 5.84. The van der Waals surface area contributed by atoms with Gasteiger partial charge in [0.1, 0.15) is 5.82 Å². The molecule has 9 heteroatoms. The van der Waals surface area contributed by atoms with E-state index in [0.717, 1.165) is 22.9 Å². The Bertz CT molecular complexity index is 1410. The van der Waals surface area contributed by atoms with Gasteiger partial charge in [-0.3, -0.25) is 4.99 Å². The fourth-order valence-electron chi connectivity index (χ4n) is 3.95. The van der Waals surface area contributed by atoms with Crippen LogP contribution in [0.15, 0.2) is 101 Å². The van der Waals surface area contributed by atoms with E-state index in [9.17, 15) is 13.2 Å². The summed E-state index contributed by atoms with van der Waals surface area (Å²) < 4.78 is 54.5. The summed E-state index contributed by atoms with van der Waals surface area (Å²) in [6.07, 6.45) is 10.9. The summed E-state index contributed by atoms with van der Waals surface area (Å²) in [5.41, 5.74) is 4.14. The number of aryl methyl sites for hydroxylation is 1. The van der Waals surface area contributed by atoms with Crippen LogP contribution < -0.4 is 10.6 Å². The van der Waals surface area contributed by atoms with Crippen molar-refractivity contribution in [1.82, 2.24) is 15.3 Å². The van der Waals surface area contributed by atoms with Crippen LogP contribution in [0.4, 0.5) is 23.5 Å². The summed E-state index contributed by atoms with van der Waals surface area (Å²) in [5.74, 6) is -0.0799. The van der Waals surface area contributed by atoms with Crippen LogP contribution >= 0.6 is 0 Å². The van der Waals surface area contributed by atoms with E-state index in [1.807, 2.05) is 38.2 Å². The van der Waals surface area contributed by atoms with Crippen LogP contribution in [0.25, 0.3) is 11.1 Å². The van der Waals surface area contributed by atoms with Crippen LogP contribution in [0.1, 0.15) is 38.3 Å². The first-order valence-corrected chi connectivity index (χ1v) is 12.8. The number of halogens is 4. The van der Waals surface area contributed by atoms with E-state index in [4.69, 9.17) is 0 Å². The number of aromatic nitrogens is 2. The number of anilines is 1. The van der Waals surface area contributed by atoms with Crippen molar-refractivity contribution in [1.29, 1.82) is 0 Å². The van der Waals surface area contributed by atoms with Gasteiger partial charge in [0.05, 0.1) is 12.2 Å². The zero-order valence-electron chi connectivity index (χ0n) is 23.0. The van der Waals surface area contributed by atoms with Gasteiger partial charge in [0, 0.05) is 47.6 Å². The highest BCUT2D eigenvalue weighted by atomic mass is 19.4. The summed E-state index contributed by atoms with van der Waals surface area (Å²) in [6, 6.07) is 3.11. The highest BCUT2D eigenvalue weighted by Gasteiger charge is 2.32. The van der Waals surface area contributed by atoms with E-state index < -0.39 is 17.6 Å². The Hall–Kier alpha value is -4.27. The van der Waals surface area contributed by atoms with Gasteiger partial charge in [0.2, 0.25) is 5.95 Å². The average Bonchev–Trinajstić information content (AvgIpc) is 3.00. The van der Waals surface area contributed by atoms with Crippen LogP contribution in [0, 0.1) is 12.7 Å². The number of alkyl halides is 3. The molecular formula is C31H33F4N5. The van der Waals surface area contributed by atoms with Gasteiger partial charge in [0.15, 0.2) is 0 Å². The molecule has 210 valence electrons. The van der Waals surface area contributed by atoms with Crippen LogP contribution in [-0.4, -0.2) is 28.9 Å². The molecule has 0 fully saturated rings. The third kappa shape index (κ3) is 8.36. The first kappa shape index (κ1) is 30.3.